The molecule has 0 fully saturated rings. The van der Waals surface area contributed by atoms with Crippen LogP contribution in [0.1, 0.15) is 34.9 Å². The Morgan fingerprint density at radius 2 is 2.16 bits per heavy atom. The topological polar surface area (TPSA) is 12.0 Å². The minimum absolute atomic E-state index is 0.390. The lowest BCUT2D eigenvalue weighted by molar-refractivity contribution is 0.609. The molecule has 3 rings (SSSR count). The van der Waals surface area contributed by atoms with Gasteiger partial charge in [-0.05, 0) is 61.6 Å². The van der Waals surface area contributed by atoms with Gasteiger partial charge in [-0.15, -0.1) is 11.3 Å². The third-order valence-electron chi connectivity index (χ3n) is 3.47. The van der Waals surface area contributed by atoms with Gasteiger partial charge in [-0.1, -0.05) is 27.5 Å². The molecule has 4 heteroatoms. The van der Waals surface area contributed by atoms with Crippen LogP contribution in [0.4, 0.5) is 5.69 Å². The molecular formula is C15H15BrClNS. The molecule has 0 saturated carbocycles. The number of anilines is 1. The molecule has 1 unspecified atom stereocenters. The van der Waals surface area contributed by atoms with Gasteiger partial charge in [0.1, 0.15) is 0 Å². The number of benzene rings is 1. The summed E-state index contributed by atoms with van der Waals surface area (Å²) in [5, 5.41) is 3.65. The van der Waals surface area contributed by atoms with Gasteiger partial charge < -0.3 is 5.32 Å². The molecule has 100 valence electrons. The second kappa shape index (κ2) is 5.47. The van der Waals surface area contributed by atoms with Gasteiger partial charge in [0.25, 0.3) is 0 Å². The minimum Gasteiger partial charge on any atom is -0.378 e. The van der Waals surface area contributed by atoms with Crippen molar-refractivity contribution in [3.63, 3.8) is 0 Å². The van der Waals surface area contributed by atoms with E-state index in [-0.39, 0.29) is 0 Å². The Balaban J connectivity index is 1.88. The Bertz CT molecular complexity index is 588. The van der Waals surface area contributed by atoms with E-state index in [0.717, 1.165) is 8.81 Å². The molecule has 19 heavy (non-hydrogen) atoms. The molecule has 0 bridgehead atoms. The van der Waals surface area contributed by atoms with Gasteiger partial charge in [-0.2, -0.15) is 0 Å². The van der Waals surface area contributed by atoms with E-state index in [1.54, 1.807) is 11.3 Å². The van der Waals surface area contributed by atoms with E-state index in [0.29, 0.717) is 6.04 Å². The molecule has 1 aliphatic rings. The van der Waals surface area contributed by atoms with Gasteiger partial charge in [-0.3, -0.25) is 0 Å². The first kappa shape index (κ1) is 13.5. The fourth-order valence-corrected chi connectivity index (χ4v) is 4.68. The second-order valence-electron chi connectivity index (χ2n) is 5.04. The van der Waals surface area contributed by atoms with Gasteiger partial charge in [-0.25, -0.2) is 0 Å². The smallest absolute Gasteiger partial charge is 0.0934 e. The lowest BCUT2D eigenvalue weighted by atomic mass is 9.94. The number of nitrogens with one attached hydrogen (secondary N) is 1. The van der Waals surface area contributed by atoms with Gasteiger partial charge >= 0.3 is 0 Å². The van der Waals surface area contributed by atoms with Crippen molar-refractivity contribution in [3.05, 3.63) is 49.1 Å². The molecule has 2 aromatic rings. The maximum Gasteiger partial charge on any atom is 0.0934 e. The van der Waals surface area contributed by atoms with Crippen LogP contribution in [0.3, 0.4) is 0 Å². The molecule has 1 aliphatic carbocycles. The van der Waals surface area contributed by atoms with Gasteiger partial charge in [0.05, 0.1) is 10.4 Å². The summed E-state index contributed by atoms with van der Waals surface area (Å²) in [5.74, 6) is 0. The van der Waals surface area contributed by atoms with Crippen LogP contribution in [-0.4, -0.2) is 0 Å². The number of fused-ring (bicyclic) bond motifs is 1. The van der Waals surface area contributed by atoms with Crippen molar-refractivity contribution >= 4 is 44.6 Å². The molecule has 1 heterocycles. The molecule has 1 aromatic carbocycles. The van der Waals surface area contributed by atoms with E-state index in [4.69, 9.17) is 11.6 Å². The highest BCUT2D eigenvalue weighted by atomic mass is 79.9. The first-order valence-electron chi connectivity index (χ1n) is 6.43. The van der Waals surface area contributed by atoms with Crippen molar-refractivity contribution in [1.29, 1.82) is 0 Å². The minimum atomic E-state index is 0.390. The molecule has 1 nitrogen and oxygen atoms in total. The fraction of sp³-hybridized carbons (Fsp3) is 0.333. The van der Waals surface area contributed by atoms with Crippen LogP contribution < -0.4 is 5.32 Å². The summed E-state index contributed by atoms with van der Waals surface area (Å²) in [4.78, 5) is 1.44. The summed E-state index contributed by atoms with van der Waals surface area (Å²) in [7, 11) is 0. The van der Waals surface area contributed by atoms with Crippen LogP contribution in [0.2, 0.25) is 4.34 Å². The maximum atomic E-state index is 6.15. The van der Waals surface area contributed by atoms with Gasteiger partial charge in [0, 0.05) is 15.0 Å². The zero-order chi connectivity index (χ0) is 13.4. The molecule has 1 aromatic heterocycles. The van der Waals surface area contributed by atoms with Gasteiger partial charge in [0.15, 0.2) is 0 Å². The number of aryl methyl sites for hydroxylation is 2. The van der Waals surface area contributed by atoms with Crippen LogP contribution >= 0.6 is 38.9 Å². The number of hydrogen-bond donors (Lipinski definition) is 1. The van der Waals surface area contributed by atoms with Crippen molar-refractivity contribution in [2.24, 2.45) is 0 Å². The summed E-state index contributed by atoms with van der Waals surface area (Å²) in [5.41, 5.74) is 3.82. The van der Waals surface area contributed by atoms with Crippen molar-refractivity contribution < 1.29 is 0 Å². The van der Waals surface area contributed by atoms with E-state index in [1.165, 1.54) is 41.0 Å². The van der Waals surface area contributed by atoms with Crippen LogP contribution in [0.15, 0.2) is 28.7 Å². The van der Waals surface area contributed by atoms with E-state index < -0.39 is 0 Å². The Labute approximate surface area is 131 Å². The number of thiophene rings is 1. The molecule has 0 radical (unpaired) electrons. The fourth-order valence-electron chi connectivity index (χ4n) is 2.69. The predicted molar refractivity (Wildman–Crippen MR) is 87.5 cm³/mol. The standard InChI is InChI=1S/C15H15BrClNS/c1-9-5-10(16)7-11(6-9)18-13-3-2-4-14-12(13)8-15(17)19-14/h5-8,13,18H,2-4H2,1H3. The Morgan fingerprint density at radius 3 is 2.95 bits per heavy atom. The summed E-state index contributed by atoms with van der Waals surface area (Å²) < 4.78 is 2.03. The summed E-state index contributed by atoms with van der Waals surface area (Å²) in [6.45, 7) is 2.11. The lowest BCUT2D eigenvalue weighted by Crippen LogP contribution is -2.15. The normalized spacial score (nSPS) is 18.2. The van der Waals surface area contributed by atoms with Crippen LogP contribution in [0.25, 0.3) is 0 Å². The molecule has 0 aliphatic heterocycles. The average molecular weight is 357 g/mol. The molecule has 0 spiro atoms. The van der Waals surface area contributed by atoms with Crippen LogP contribution in [0.5, 0.6) is 0 Å². The average Bonchev–Trinajstić information content (AvgIpc) is 2.69. The Morgan fingerprint density at radius 1 is 1.32 bits per heavy atom. The third kappa shape index (κ3) is 2.99. The van der Waals surface area contributed by atoms with Crippen molar-refractivity contribution in [2.75, 3.05) is 5.32 Å². The number of halogens is 2. The maximum absolute atomic E-state index is 6.15. The summed E-state index contributed by atoms with van der Waals surface area (Å²) >= 11 is 11.4. The first-order chi connectivity index (χ1) is 9.11. The molecular weight excluding hydrogens is 342 g/mol. The van der Waals surface area contributed by atoms with E-state index in [2.05, 4.69) is 52.4 Å². The largest absolute Gasteiger partial charge is 0.378 e. The highest BCUT2D eigenvalue weighted by Gasteiger charge is 2.22. The second-order valence-corrected chi connectivity index (χ2v) is 7.72. The molecule has 1 N–H and O–H groups in total. The highest BCUT2D eigenvalue weighted by molar-refractivity contribution is 9.10. The SMILES string of the molecule is Cc1cc(Br)cc(NC2CCCc3sc(Cl)cc32)c1. The number of rotatable bonds is 2. The van der Waals surface area contributed by atoms with Crippen molar-refractivity contribution in [1.82, 2.24) is 0 Å². The first-order valence-corrected chi connectivity index (χ1v) is 8.42. The highest BCUT2D eigenvalue weighted by Crippen LogP contribution is 2.39. The van der Waals surface area contributed by atoms with E-state index >= 15 is 0 Å². The van der Waals surface area contributed by atoms with E-state index in [9.17, 15) is 0 Å². The monoisotopic (exact) mass is 355 g/mol. The Kier molecular flexibility index (Phi) is 3.88. The van der Waals surface area contributed by atoms with Crippen LogP contribution in [-0.2, 0) is 6.42 Å². The van der Waals surface area contributed by atoms with Crippen molar-refractivity contribution in [2.45, 2.75) is 32.2 Å². The quantitative estimate of drug-likeness (QED) is 0.699. The Hall–Kier alpha value is -0.510. The predicted octanol–water partition coefficient (Wildman–Crippen LogP) is 5.96. The third-order valence-corrected chi connectivity index (χ3v) is 5.26. The molecule has 0 amide bonds. The lowest BCUT2D eigenvalue weighted by Gasteiger charge is -2.25. The summed E-state index contributed by atoms with van der Waals surface area (Å²) in [6, 6.07) is 8.96. The van der Waals surface area contributed by atoms with Gasteiger partial charge in [0.2, 0.25) is 0 Å². The summed E-state index contributed by atoms with van der Waals surface area (Å²) in [6.07, 6.45) is 3.57. The zero-order valence-corrected chi connectivity index (χ0v) is 13.8. The molecule has 0 saturated heterocycles. The molecule has 1 atom stereocenters. The number of hydrogen-bond acceptors (Lipinski definition) is 2. The van der Waals surface area contributed by atoms with Crippen LogP contribution in [0, 0.1) is 6.92 Å². The van der Waals surface area contributed by atoms with E-state index in [1.807, 2.05) is 0 Å². The van der Waals surface area contributed by atoms with Crippen molar-refractivity contribution in [3.8, 4) is 0 Å². The zero-order valence-electron chi connectivity index (χ0n) is 10.7.